The first-order valence-electron chi connectivity index (χ1n) is 10.8. The summed E-state index contributed by atoms with van der Waals surface area (Å²) in [6.07, 6.45) is 2.78. The normalized spacial score (nSPS) is 13.4. The molecule has 0 heterocycles. The molecule has 8 heteroatoms. The van der Waals surface area contributed by atoms with Crippen molar-refractivity contribution in [1.82, 2.24) is 4.90 Å². The fourth-order valence-corrected chi connectivity index (χ4v) is 4.36. The highest BCUT2D eigenvalue weighted by Gasteiger charge is 2.32. The van der Waals surface area contributed by atoms with Crippen molar-refractivity contribution in [3.8, 4) is 5.75 Å². The molecule has 0 radical (unpaired) electrons. The Morgan fingerprint density at radius 2 is 1.73 bits per heavy atom. The number of benzene rings is 3. The number of rotatable bonds is 8. The standard InChI is InChI=1S/C25H25FN2O4S/c1-2-18-6-10-21(11-7-18)27-25(29)28(22-12-13-22)17-19-4-3-5-23(16-19)32-33(30,31)24-14-8-20(26)9-15-24/h3-11,14-16,22H,2,12-13,17H2,1H3,(H,27,29). The molecular weight excluding hydrogens is 443 g/mol. The van der Waals surface area contributed by atoms with Crippen LogP contribution in [0.1, 0.15) is 30.9 Å². The van der Waals surface area contributed by atoms with Crippen molar-refractivity contribution in [2.75, 3.05) is 5.32 Å². The quantitative estimate of drug-likeness (QED) is 0.452. The Balaban J connectivity index is 1.46. The highest BCUT2D eigenvalue weighted by atomic mass is 32.2. The fourth-order valence-electron chi connectivity index (χ4n) is 3.44. The lowest BCUT2D eigenvalue weighted by Gasteiger charge is -2.23. The molecule has 0 aliphatic heterocycles. The van der Waals surface area contributed by atoms with Gasteiger partial charge in [-0.25, -0.2) is 9.18 Å². The van der Waals surface area contributed by atoms with E-state index in [1.165, 1.54) is 11.6 Å². The molecule has 0 aromatic heterocycles. The second-order valence-corrected chi connectivity index (χ2v) is 9.52. The van der Waals surface area contributed by atoms with Crippen LogP contribution in [0.25, 0.3) is 0 Å². The van der Waals surface area contributed by atoms with E-state index in [1.807, 2.05) is 30.3 Å². The molecule has 4 rings (SSSR count). The second-order valence-electron chi connectivity index (χ2n) is 7.98. The lowest BCUT2D eigenvalue weighted by atomic mass is 10.1. The molecule has 33 heavy (non-hydrogen) atoms. The lowest BCUT2D eigenvalue weighted by molar-refractivity contribution is 0.206. The van der Waals surface area contributed by atoms with Gasteiger partial charge in [-0.1, -0.05) is 31.2 Å². The molecule has 1 N–H and O–H groups in total. The number of nitrogens with zero attached hydrogens (tertiary/aromatic N) is 1. The maximum Gasteiger partial charge on any atom is 0.339 e. The molecule has 0 saturated heterocycles. The lowest BCUT2D eigenvalue weighted by Crippen LogP contribution is -2.36. The summed E-state index contributed by atoms with van der Waals surface area (Å²) >= 11 is 0. The number of aryl methyl sites for hydroxylation is 1. The van der Waals surface area contributed by atoms with E-state index in [0.717, 1.165) is 54.8 Å². The van der Waals surface area contributed by atoms with E-state index in [4.69, 9.17) is 4.18 Å². The molecule has 0 spiro atoms. The highest BCUT2D eigenvalue weighted by molar-refractivity contribution is 7.87. The summed E-state index contributed by atoms with van der Waals surface area (Å²) in [6.45, 7) is 2.39. The Kier molecular flexibility index (Phi) is 6.65. The number of nitrogens with one attached hydrogen (secondary N) is 1. The predicted molar refractivity (Wildman–Crippen MR) is 124 cm³/mol. The van der Waals surface area contributed by atoms with Crippen LogP contribution >= 0.6 is 0 Å². The van der Waals surface area contributed by atoms with E-state index in [2.05, 4.69) is 12.2 Å². The van der Waals surface area contributed by atoms with E-state index in [0.29, 0.717) is 6.54 Å². The zero-order valence-electron chi connectivity index (χ0n) is 18.2. The van der Waals surface area contributed by atoms with Crippen molar-refractivity contribution in [2.24, 2.45) is 0 Å². The number of hydrogen-bond donors (Lipinski definition) is 1. The zero-order chi connectivity index (χ0) is 23.4. The first kappa shape index (κ1) is 22.8. The van der Waals surface area contributed by atoms with Crippen LogP contribution in [-0.2, 0) is 23.1 Å². The molecule has 1 aliphatic rings. The van der Waals surface area contributed by atoms with Gasteiger partial charge in [-0.3, -0.25) is 0 Å². The number of hydrogen-bond acceptors (Lipinski definition) is 4. The van der Waals surface area contributed by atoms with Crippen molar-refractivity contribution in [2.45, 2.75) is 43.7 Å². The third-order valence-electron chi connectivity index (χ3n) is 5.42. The largest absolute Gasteiger partial charge is 0.379 e. The highest BCUT2D eigenvalue weighted by Crippen LogP contribution is 2.30. The number of carbonyl (C=O) groups is 1. The van der Waals surface area contributed by atoms with Crippen LogP contribution in [0.4, 0.5) is 14.9 Å². The molecule has 2 amide bonds. The third kappa shape index (κ3) is 5.90. The van der Waals surface area contributed by atoms with Gasteiger partial charge in [0.15, 0.2) is 0 Å². The predicted octanol–water partition coefficient (Wildman–Crippen LogP) is 5.35. The van der Waals surface area contributed by atoms with E-state index >= 15 is 0 Å². The van der Waals surface area contributed by atoms with Gasteiger partial charge in [0.05, 0.1) is 0 Å². The summed E-state index contributed by atoms with van der Waals surface area (Å²) in [6, 6.07) is 18.7. The average molecular weight is 469 g/mol. The average Bonchev–Trinajstić information content (AvgIpc) is 3.63. The molecule has 3 aromatic rings. The molecule has 172 valence electrons. The van der Waals surface area contributed by atoms with Crippen LogP contribution < -0.4 is 9.50 Å². The van der Waals surface area contributed by atoms with Gasteiger partial charge in [-0.15, -0.1) is 0 Å². The van der Waals surface area contributed by atoms with Crippen LogP contribution in [-0.4, -0.2) is 25.4 Å². The van der Waals surface area contributed by atoms with Crippen LogP contribution in [0.15, 0.2) is 77.7 Å². The second kappa shape index (κ2) is 9.62. The van der Waals surface area contributed by atoms with Crippen molar-refractivity contribution >= 4 is 21.8 Å². The topological polar surface area (TPSA) is 75.7 Å². The molecule has 3 aromatic carbocycles. The van der Waals surface area contributed by atoms with Crippen molar-refractivity contribution in [1.29, 1.82) is 0 Å². The van der Waals surface area contributed by atoms with Gasteiger partial charge in [0, 0.05) is 18.3 Å². The molecule has 0 atom stereocenters. The van der Waals surface area contributed by atoms with Gasteiger partial charge in [0.1, 0.15) is 16.5 Å². The number of carbonyl (C=O) groups excluding carboxylic acids is 1. The van der Waals surface area contributed by atoms with Crippen LogP contribution in [0.5, 0.6) is 5.75 Å². The molecule has 1 aliphatic carbocycles. The first-order chi connectivity index (χ1) is 15.8. The van der Waals surface area contributed by atoms with Gasteiger partial charge >= 0.3 is 16.1 Å². The molecule has 0 bridgehead atoms. The van der Waals surface area contributed by atoms with Gasteiger partial charge in [-0.2, -0.15) is 8.42 Å². The van der Waals surface area contributed by atoms with Crippen LogP contribution in [0, 0.1) is 5.82 Å². The minimum atomic E-state index is -4.10. The summed E-state index contributed by atoms with van der Waals surface area (Å²) in [7, 11) is -4.10. The van der Waals surface area contributed by atoms with Gasteiger partial charge in [-0.05, 0) is 78.9 Å². The van der Waals surface area contributed by atoms with Crippen LogP contribution in [0.3, 0.4) is 0 Å². The Labute approximate surface area is 193 Å². The Morgan fingerprint density at radius 1 is 1.03 bits per heavy atom. The van der Waals surface area contributed by atoms with Crippen molar-refractivity contribution in [3.05, 3.63) is 89.7 Å². The van der Waals surface area contributed by atoms with E-state index in [1.54, 1.807) is 17.0 Å². The smallest absolute Gasteiger partial charge is 0.339 e. The number of anilines is 1. The fraction of sp³-hybridized carbons (Fsp3) is 0.240. The molecular formula is C25H25FN2O4S. The summed E-state index contributed by atoms with van der Waals surface area (Å²) in [5.74, 6) is -0.404. The van der Waals surface area contributed by atoms with Gasteiger partial charge in [0.2, 0.25) is 0 Å². The first-order valence-corrected chi connectivity index (χ1v) is 12.2. The molecule has 0 unspecified atom stereocenters. The van der Waals surface area contributed by atoms with Crippen molar-refractivity contribution in [3.63, 3.8) is 0 Å². The minimum absolute atomic E-state index is 0.128. The van der Waals surface area contributed by atoms with Gasteiger partial charge < -0.3 is 14.4 Å². The Morgan fingerprint density at radius 3 is 2.36 bits per heavy atom. The summed E-state index contributed by atoms with van der Waals surface area (Å²) in [4.78, 5) is 14.6. The summed E-state index contributed by atoms with van der Waals surface area (Å²) < 4.78 is 43.4. The SMILES string of the molecule is CCc1ccc(NC(=O)N(Cc2cccc(OS(=O)(=O)c3ccc(F)cc3)c2)C2CC2)cc1. The molecule has 1 saturated carbocycles. The summed E-state index contributed by atoms with van der Waals surface area (Å²) in [5, 5.41) is 2.94. The van der Waals surface area contributed by atoms with E-state index < -0.39 is 15.9 Å². The number of halogens is 1. The Bertz CT molecular complexity index is 1220. The molecule has 6 nitrogen and oxygen atoms in total. The van der Waals surface area contributed by atoms with Crippen molar-refractivity contribution < 1.29 is 21.8 Å². The Hall–Kier alpha value is -3.39. The number of urea groups is 1. The van der Waals surface area contributed by atoms with E-state index in [9.17, 15) is 17.6 Å². The van der Waals surface area contributed by atoms with Crippen LogP contribution in [0.2, 0.25) is 0 Å². The molecule has 1 fully saturated rings. The maximum atomic E-state index is 13.1. The monoisotopic (exact) mass is 468 g/mol. The third-order valence-corrected chi connectivity index (χ3v) is 6.68. The zero-order valence-corrected chi connectivity index (χ0v) is 19.0. The van der Waals surface area contributed by atoms with E-state index in [-0.39, 0.29) is 22.7 Å². The summed E-state index contributed by atoms with van der Waals surface area (Å²) in [5.41, 5.74) is 2.66. The number of amides is 2. The van der Waals surface area contributed by atoms with Gasteiger partial charge in [0.25, 0.3) is 0 Å². The minimum Gasteiger partial charge on any atom is -0.379 e. The maximum absolute atomic E-state index is 13.1.